The molecule has 0 bridgehead atoms. The molecule has 0 heterocycles. The number of unbranched alkanes of at least 4 members (excludes halogenated alkanes) is 30. The highest BCUT2D eigenvalue weighted by molar-refractivity contribution is 5.71. The molecule has 0 aliphatic rings. The van der Waals surface area contributed by atoms with Crippen molar-refractivity contribution < 1.29 is 28.6 Å². The Morgan fingerprint density at radius 2 is 0.547 bits per heavy atom. The maximum absolute atomic E-state index is 12.8. The summed E-state index contributed by atoms with van der Waals surface area (Å²) in [5, 5.41) is 0. The number of hydrogen-bond acceptors (Lipinski definition) is 6. The van der Waals surface area contributed by atoms with Crippen LogP contribution < -0.4 is 0 Å². The lowest BCUT2D eigenvalue weighted by molar-refractivity contribution is -0.166. The number of carbonyl (C=O) groups is 3. The van der Waals surface area contributed by atoms with Gasteiger partial charge in [-0.1, -0.05) is 291 Å². The van der Waals surface area contributed by atoms with Gasteiger partial charge in [-0.25, -0.2) is 0 Å². The van der Waals surface area contributed by atoms with Crippen LogP contribution in [0.3, 0.4) is 0 Å². The standard InChI is InChI=1S/C69H118O6/c1-4-7-10-13-16-19-21-23-25-27-29-30-31-32-33-34-35-36-37-38-40-41-43-45-47-50-53-56-59-62-68(71)74-65-66(64-73-67(70)61-58-55-52-49-18-15-12-9-6-3)75-69(72)63-60-57-54-51-48-46-44-42-39-28-26-24-22-20-17-14-11-8-5-2/h8,11,17,20-21,23-24,26-27,29,39,42,46,48,54,57,66H,4-7,9-10,12-16,18-19,22,25,28,30-38,40-41,43-45,47,49-53,55-56,58-65H2,1-3H3/b11-8-,20-17-,23-21-,26-24-,29-27-,42-39-,48-46-,57-54-. The summed E-state index contributed by atoms with van der Waals surface area (Å²) < 4.78 is 16.8. The van der Waals surface area contributed by atoms with E-state index >= 15 is 0 Å². The highest BCUT2D eigenvalue weighted by Gasteiger charge is 2.19. The molecule has 430 valence electrons. The Labute approximate surface area is 464 Å². The molecule has 0 saturated heterocycles. The Balaban J connectivity index is 4.23. The molecule has 1 unspecified atom stereocenters. The van der Waals surface area contributed by atoms with Crippen LogP contribution in [0.1, 0.15) is 303 Å². The topological polar surface area (TPSA) is 78.9 Å². The van der Waals surface area contributed by atoms with Crippen LogP contribution in [0.2, 0.25) is 0 Å². The van der Waals surface area contributed by atoms with Gasteiger partial charge in [-0.15, -0.1) is 0 Å². The molecule has 0 aliphatic carbocycles. The van der Waals surface area contributed by atoms with Crippen LogP contribution in [-0.4, -0.2) is 37.2 Å². The van der Waals surface area contributed by atoms with Crippen molar-refractivity contribution >= 4 is 17.9 Å². The predicted octanol–water partition coefficient (Wildman–Crippen LogP) is 21.7. The van der Waals surface area contributed by atoms with Gasteiger partial charge < -0.3 is 14.2 Å². The SMILES string of the molecule is CC/C=C\C/C=C\C/C=C\C/C=C\C/C=C\C/C=C\CCC(=O)OC(COC(=O)CCCCCCCCCCC)COC(=O)CCCCCCCCCCCCCCCCCCC/C=C\C/C=C\CCCCCCC. The first kappa shape index (κ1) is 71.3. The molecule has 0 aromatic heterocycles. The van der Waals surface area contributed by atoms with E-state index in [2.05, 4.69) is 112 Å². The number of allylic oxidation sites excluding steroid dienone is 16. The van der Waals surface area contributed by atoms with Crippen molar-refractivity contribution in [2.45, 2.75) is 309 Å². The summed E-state index contributed by atoms with van der Waals surface area (Å²) in [6, 6.07) is 0. The number of esters is 3. The van der Waals surface area contributed by atoms with E-state index in [4.69, 9.17) is 14.2 Å². The van der Waals surface area contributed by atoms with Gasteiger partial charge in [0.05, 0.1) is 0 Å². The maximum atomic E-state index is 12.8. The van der Waals surface area contributed by atoms with Gasteiger partial charge in [0.15, 0.2) is 6.10 Å². The molecular weight excluding hydrogens is 925 g/mol. The maximum Gasteiger partial charge on any atom is 0.306 e. The first-order valence-electron chi connectivity index (χ1n) is 31.7. The largest absolute Gasteiger partial charge is 0.462 e. The first-order chi connectivity index (χ1) is 37.0. The second-order valence-corrected chi connectivity index (χ2v) is 20.9. The fourth-order valence-corrected chi connectivity index (χ4v) is 8.85. The Morgan fingerprint density at radius 3 is 0.867 bits per heavy atom. The van der Waals surface area contributed by atoms with Crippen molar-refractivity contribution in [3.8, 4) is 0 Å². The minimum absolute atomic E-state index is 0.105. The lowest BCUT2D eigenvalue weighted by atomic mass is 10.0. The van der Waals surface area contributed by atoms with Gasteiger partial charge in [0.25, 0.3) is 0 Å². The molecule has 0 saturated carbocycles. The molecule has 0 amide bonds. The van der Waals surface area contributed by atoms with E-state index in [1.165, 1.54) is 173 Å². The van der Waals surface area contributed by atoms with Crippen molar-refractivity contribution in [2.75, 3.05) is 13.2 Å². The number of carbonyl (C=O) groups excluding carboxylic acids is 3. The van der Waals surface area contributed by atoms with Crippen LogP contribution in [0, 0.1) is 0 Å². The van der Waals surface area contributed by atoms with Crippen molar-refractivity contribution in [3.63, 3.8) is 0 Å². The Bertz CT molecular complexity index is 1480. The van der Waals surface area contributed by atoms with Crippen molar-refractivity contribution in [2.24, 2.45) is 0 Å². The van der Waals surface area contributed by atoms with Gasteiger partial charge in [0.2, 0.25) is 0 Å². The van der Waals surface area contributed by atoms with Crippen LogP contribution in [0.5, 0.6) is 0 Å². The van der Waals surface area contributed by atoms with Gasteiger partial charge in [0.1, 0.15) is 13.2 Å². The highest BCUT2D eigenvalue weighted by Crippen LogP contribution is 2.16. The Hall–Kier alpha value is -3.67. The summed E-state index contributed by atoms with van der Waals surface area (Å²) in [4.78, 5) is 38.1. The van der Waals surface area contributed by atoms with Crippen molar-refractivity contribution in [1.82, 2.24) is 0 Å². The average Bonchev–Trinajstić information content (AvgIpc) is 3.41. The van der Waals surface area contributed by atoms with Crippen LogP contribution in [-0.2, 0) is 28.6 Å². The average molecular weight is 1040 g/mol. The first-order valence-corrected chi connectivity index (χ1v) is 31.7. The molecule has 0 aromatic rings. The molecule has 0 aromatic carbocycles. The lowest BCUT2D eigenvalue weighted by Crippen LogP contribution is -2.30. The summed E-state index contributed by atoms with van der Waals surface area (Å²) in [5.41, 5.74) is 0. The molecule has 0 radical (unpaired) electrons. The van der Waals surface area contributed by atoms with Crippen molar-refractivity contribution in [3.05, 3.63) is 97.2 Å². The summed E-state index contributed by atoms with van der Waals surface area (Å²) >= 11 is 0. The minimum Gasteiger partial charge on any atom is -0.462 e. The molecule has 0 fully saturated rings. The van der Waals surface area contributed by atoms with E-state index in [-0.39, 0.29) is 31.6 Å². The van der Waals surface area contributed by atoms with E-state index in [1.807, 2.05) is 6.08 Å². The zero-order valence-electron chi connectivity index (χ0n) is 49.3. The quantitative estimate of drug-likeness (QED) is 0.0261. The molecule has 6 heteroatoms. The number of ether oxygens (including phenoxy) is 3. The van der Waals surface area contributed by atoms with E-state index in [1.54, 1.807) is 0 Å². The van der Waals surface area contributed by atoms with Crippen LogP contribution in [0.25, 0.3) is 0 Å². The number of hydrogen-bond donors (Lipinski definition) is 0. The molecule has 75 heavy (non-hydrogen) atoms. The fraction of sp³-hybridized carbons (Fsp3) is 0.725. The Morgan fingerprint density at radius 1 is 0.280 bits per heavy atom. The second kappa shape index (κ2) is 62.9. The molecular formula is C69H118O6. The third kappa shape index (κ3) is 61.1. The second-order valence-electron chi connectivity index (χ2n) is 20.9. The molecule has 6 nitrogen and oxygen atoms in total. The normalized spacial score (nSPS) is 12.7. The lowest BCUT2D eigenvalue weighted by Gasteiger charge is -2.18. The zero-order chi connectivity index (χ0) is 54.3. The molecule has 0 aliphatic heterocycles. The van der Waals surface area contributed by atoms with E-state index < -0.39 is 12.1 Å². The molecule has 0 rings (SSSR count). The van der Waals surface area contributed by atoms with Crippen LogP contribution >= 0.6 is 0 Å². The molecule has 0 spiro atoms. The summed E-state index contributed by atoms with van der Waals surface area (Å²) in [6.07, 6.45) is 84.5. The summed E-state index contributed by atoms with van der Waals surface area (Å²) in [7, 11) is 0. The third-order valence-corrected chi connectivity index (χ3v) is 13.6. The minimum atomic E-state index is -0.816. The Kier molecular flexibility index (Phi) is 59.8. The van der Waals surface area contributed by atoms with E-state index in [9.17, 15) is 14.4 Å². The summed E-state index contributed by atoms with van der Waals surface area (Å²) in [6.45, 7) is 6.45. The third-order valence-electron chi connectivity index (χ3n) is 13.6. The summed E-state index contributed by atoms with van der Waals surface area (Å²) in [5.74, 6) is -0.985. The predicted molar refractivity (Wildman–Crippen MR) is 325 cm³/mol. The van der Waals surface area contributed by atoms with Crippen LogP contribution in [0.4, 0.5) is 0 Å². The van der Waals surface area contributed by atoms with Gasteiger partial charge in [-0.05, 0) is 89.9 Å². The monoisotopic (exact) mass is 1040 g/mol. The smallest absolute Gasteiger partial charge is 0.306 e. The zero-order valence-corrected chi connectivity index (χ0v) is 49.3. The van der Waals surface area contributed by atoms with Gasteiger partial charge in [-0.2, -0.15) is 0 Å². The number of rotatable bonds is 57. The van der Waals surface area contributed by atoms with E-state index in [0.29, 0.717) is 19.3 Å². The van der Waals surface area contributed by atoms with Gasteiger partial charge in [-0.3, -0.25) is 14.4 Å². The van der Waals surface area contributed by atoms with Crippen molar-refractivity contribution in [1.29, 1.82) is 0 Å². The molecule has 0 N–H and O–H groups in total. The molecule has 1 atom stereocenters. The van der Waals surface area contributed by atoms with E-state index in [0.717, 1.165) is 83.5 Å². The van der Waals surface area contributed by atoms with Gasteiger partial charge >= 0.3 is 17.9 Å². The van der Waals surface area contributed by atoms with Crippen LogP contribution in [0.15, 0.2) is 97.2 Å². The highest BCUT2D eigenvalue weighted by atomic mass is 16.6. The fourth-order valence-electron chi connectivity index (χ4n) is 8.85. The van der Waals surface area contributed by atoms with Gasteiger partial charge in [0, 0.05) is 19.3 Å².